The number of nitro groups is 4. The summed E-state index contributed by atoms with van der Waals surface area (Å²) >= 11 is 0. The molecule has 51 heavy (non-hydrogen) atoms. The topological polar surface area (TPSA) is 258 Å². The van der Waals surface area contributed by atoms with Gasteiger partial charge in [0.1, 0.15) is 28.8 Å². The van der Waals surface area contributed by atoms with E-state index >= 15 is 0 Å². The normalized spacial score (nSPS) is 12.5. The number of carbonyl (C=O) groups is 1. The van der Waals surface area contributed by atoms with Gasteiger partial charge in [0.05, 0.1) is 31.8 Å². The molecule has 0 unspecified atom stereocenters. The molecular weight excluding hydrogens is 668 g/mol. The molecule has 18 heteroatoms. The number of benzene rings is 4. The van der Waals surface area contributed by atoms with E-state index in [2.05, 4.69) is 21.3 Å². The molecule has 0 fully saturated rings. The number of anilines is 4. The molecule has 0 radical (unpaired) electrons. The summed E-state index contributed by atoms with van der Waals surface area (Å²) < 4.78 is 0. The number of aliphatic carboxylic acids is 1. The molecule has 3 atom stereocenters. The van der Waals surface area contributed by atoms with Gasteiger partial charge in [-0.15, -0.1) is 0 Å². The lowest BCUT2D eigenvalue weighted by atomic mass is 10.1. The molecule has 0 saturated heterocycles. The first kappa shape index (κ1) is 37.0. The minimum absolute atomic E-state index is 0.0195. The number of rotatable bonds is 18. The minimum atomic E-state index is -1.41. The molecule has 0 spiro atoms. The van der Waals surface area contributed by atoms with Crippen LogP contribution in [-0.4, -0.2) is 43.4 Å². The quantitative estimate of drug-likeness (QED) is 0.0384. The standard InChI is InChI=1S/C33H34N8O10/c1-20(22-10-5-3-6-11-22)35-26-16-25(29(38(44)45)18-30(26)39(46)47)34-15-9-14-24(33(42)43)37-28-17-27(31(40(48)49)19-32(28)41(50)51)36-21(2)23-12-7-4-8-13-23/h3-8,10-13,16-21,24,34-37H,9,14-15H2,1-2H3,(H,42,43)/t20-,21-,24-/m1/s1. The van der Waals surface area contributed by atoms with Crippen molar-refractivity contribution in [1.82, 2.24) is 0 Å². The molecule has 4 rings (SSSR count). The summed E-state index contributed by atoms with van der Waals surface area (Å²) in [4.78, 5) is 56.5. The molecule has 0 bridgehead atoms. The molecule has 18 nitrogen and oxygen atoms in total. The van der Waals surface area contributed by atoms with Gasteiger partial charge in [-0.1, -0.05) is 60.7 Å². The molecule has 0 aliphatic heterocycles. The van der Waals surface area contributed by atoms with Crippen LogP contribution in [0.25, 0.3) is 0 Å². The number of nitro benzene ring substituents is 4. The molecule has 0 aromatic heterocycles. The van der Waals surface area contributed by atoms with Crippen LogP contribution >= 0.6 is 0 Å². The van der Waals surface area contributed by atoms with Crippen molar-refractivity contribution >= 4 is 51.5 Å². The van der Waals surface area contributed by atoms with Gasteiger partial charge in [0.15, 0.2) is 0 Å². The highest BCUT2D eigenvalue weighted by Crippen LogP contribution is 2.39. The van der Waals surface area contributed by atoms with Gasteiger partial charge < -0.3 is 26.4 Å². The Bertz CT molecular complexity index is 1930. The fourth-order valence-corrected chi connectivity index (χ4v) is 5.34. The van der Waals surface area contributed by atoms with Gasteiger partial charge >= 0.3 is 5.97 Å². The predicted molar refractivity (Wildman–Crippen MR) is 189 cm³/mol. The van der Waals surface area contributed by atoms with Crippen molar-refractivity contribution in [3.63, 3.8) is 0 Å². The van der Waals surface area contributed by atoms with Crippen LogP contribution < -0.4 is 21.3 Å². The molecular formula is C33H34N8O10. The maximum absolute atomic E-state index is 12.2. The van der Waals surface area contributed by atoms with Gasteiger partial charge in [0.25, 0.3) is 22.7 Å². The Morgan fingerprint density at radius 2 is 0.980 bits per heavy atom. The Morgan fingerprint density at radius 3 is 1.37 bits per heavy atom. The number of carboxylic acid groups (broad SMARTS) is 1. The van der Waals surface area contributed by atoms with E-state index in [0.29, 0.717) is 0 Å². The first-order chi connectivity index (χ1) is 24.3. The minimum Gasteiger partial charge on any atom is -0.480 e. The van der Waals surface area contributed by atoms with Crippen molar-refractivity contribution in [2.75, 3.05) is 27.8 Å². The van der Waals surface area contributed by atoms with E-state index < -0.39 is 66.5 Å². The second-order valence-corrected chi connectivity index (χ2v) is 11.5. The van der Waals surface area contributed by atoms with Gasteiger partial charge in [-0.05, 0) is 49.9 Å². The monoisotopic (exact) mass is 702 g/mol. The third-order valence-electron chi connectivity index (χ3n) is 7.97. The van der Waals surface area contributed by atoms with Crippen LogP contribution in [0.5, 0.6) is 0 Å². The fourth-order valence-electron chi connectivity index (χ4n) is 5.34. The number of hydrogen-bond donors (Lipinski definition) is 5. The van der Waals surface area contributed by atoms with Crippen molar-refractivity contribution in [2.45, 2.75) is 44.8 Å². The van der Waals surface area contributed by atoms with E-state index in [9.17, 15) is 50.4 Å². The van der Waals surface area contributed by atoms with Crippen LogP contribution in [0, 0.1) is 40.5 Å². The molecule has 5 N–H and O–H groups in total. The second kappa shape index (κ2) is 16.5. The zero-order valence-corrected chi connectivity index (χ0v) is 27.3. The van der Waals surface area contributed by atoms with Crippen molar-refractivity contribution in [1.29, 1.82) is 0 Å². The molecule has 0 heterocycles. The highest BCUT2D eigenvalue weighted by molar-refractivity contribution is 5.83. The number of nitrogens with one attached hydrogen (secondary N) is 4. The van der Waals surface area contributed by atoms with Gasteiger partial charge in [0.2, 0.25) is 0 Å². The van der Waals surface area contributed by atoms with Crippen LogP contribution in [0.3, 0.4) is 0 Å². The van der Waals surface area contributed by atoms with Crippen LogP contribution in [0.4, 0.5) is 45.5 Å². The molecule has 266 valence electrons. The molecule has 0 amide bonds. The molecule has 0 aliphatic rings. The van der Waals surface area contributed by atoms with Crippen LogP contribution in [0.1, 0.15) is 49.9 Å². The van der Waals surface area contributed by atoms with Crippen LogP contribution in [-0.2, 0) is 4.79 Å². The van der Waals surface area contributed by atoms with Crippen molar-refractivity contribution in [2.24, 2.45) is 0 Å². The maximum Gasteiger partial charge on any atom is 0.326 e. The van der Waals surface area contributed by atoms with E-state index in [1.165, 1.54) is 6.07 Å². The first-order valence-corrected chi connectivity index (χ1v) is 15.6. The van der Waals surface area contributed by atoms with E-state index in [1.54, 1.807) is 56.3 Å². The highest BCUT2D eigenvalue weighted by atomic mass is 16.6. The summed E-state index contributed by atoms with van der Waals surface area (Å²) in [7, 11) is 0. The summed E-state index contributed by atoms with van der Waals surface area (Å²) in [6, 6.07) is 19.6. The largest absolute Gasteiger partial charge is 0.480 e. The lowest BCUT2D eigenvalue weighted by molar-refractivity contribution is -0.393. The van der Waals surface area contributed by atoms with Crippen LogP contribution in [0.15, 0.2) is 84.9 Å². The summed E-state index contributed by atoms with van der Waals surface area (Å²) in [5.41, 5.74) is -1.17. The Kier molecular flexibility index (Phi) is 12.0. The van der Waals surface area contributed by atoms with Gasteiger partial charge in [0, 0.05) is 18.6 Å². The van der Waals surface area contributed by atoms with Crippen molar-refractivity contribution in [3.05, 3.63) is 137 Å². The number of hydrogen-bond acceptors (Lipinski definition) is 13. The van der Waals surface area contributed by atoms with Crippen LogP contribution in [0.2, 0.25) is 0 Å². The predicted octanol–water partition coefficient (Wildman–Crippen LogP) is 7.42. The lowest BCUT2D eigenvalue weighted by Gasteiger charge is -2.19. The SMILES string of the molecule is C[C@@H](Nc1cc(NCCC[C@@H](Nc2cc(N[C@H](C)c3ccccc3)c([N+](=O)[O-])cc2[N+](=O)[O-])C(=O)O)c([N+](=O)[O-])cc1[N+](=O)[O-])c1ccccc1. The zero-order chi connectivity index (χ0) is 37.2. The smallest absolute Gasteiger partial charge is 0.326 e. The average Bonchev–Trinajstić information content (AvgIpc) is 3.09. The maximum atomic E-state index is 12.2. The summed E-state index contributed by atoms with van der Waals surface area (Å²) in [6.45, 7) is 3.48. The Morgan fingerprint density at radius 1 is 0.608 bits per heavy atom. The fraction of sp³-hybridized carbons (Fsp3) is 0.242. The zero-order valence-electron chi connectivity index (χ0n) is 27.3. The first-order valence-electron chi connectivity index (χ1n) is 15.6. The van der Waals surface area contributed by atoms with Gasteiger partial charge in [-0.3, -0.25) is 40.5 Å². The number of carboxylic acids is 1. The summed E-state index contributed by atoms with van der Waals surface area (Å²) in [6.07, 6.45) is -0.0746. The Balaban J connectivity index is 1.54. The Labute approximate surface area is 290 Å². The van der Waals surface area contributed by atoms with Gasteiger partial charge in [-0.25, -0.2) is 4.79 Å². The molecule has 4 aromatic carbocycles. The summed E-state index contributed by atoms with van der Waals surface area (Å²) in [5, 5.41) is 68.8. The van der Waals surface area contributed by atoms with Crippen molar-refractivity contribution < 1.29 is 29.6 Å². The van der Waals surface area contributed by atoms with E-state index in [-0.39, 0.29) is 42.1 Å². The van der Waals surface area contributed by atoms with E-state index in [0.717, 1.165) is 29.3 Å². The van der Waals surface area contributed by atoms with Gasteiger partial charge in [-0.2, -0.15) is 0 Å². The second-order valence-electron chi connectivity index (χ2n) is 11.5. The molecule has 0 aliphatic carbocycles. The average molecular weight is 703 g/mol. The molecule has 4 aromatic rings. The molecule has 0 saturated carbocycles. The third kappa shape index (κ3) is 9.40. The summed E-state index contributed by atoms with van der Waals surface area (Å²) in [5.74, 6) is -1.38. The Hall–Kier alpha value is -6.85. The third-order valence-corrected chi connectivity index (χ3v) is 7.97. The van der Waals surface area contributed by atoms with E-state index in [4.69, 9.17) is 0 Å². The number of nitrogens with zero attached hydrogens (tertiary/aromatic N) is 4. The van der Waals surface area contributed by atoms with Crippen molar-refractivity contribution in [3.8, 4) is 0 Å². The van der Waals surface area contributed by atoms with E-state index in [1.807, 2.05) is 18.2 Å². The lowest BCUT2D eigenvalue weighted by Crippen LogP contribution is -2.30. The highest BCUT2D eigenvalue weighted by Gasteiger charge is 2.29.